The molecule has 90 valence electrons. The number of hydrogen-bond donors (Lipinski definition) is 3. The van der Waals surface area contributed by atoms with E-state index in [0.29, 0.717) is 21.5 Å². The van der Waals surface area contributed by atoms with E-state index in [4.69, 9.17) is 23.8 Å². The first-order valence-electron chi connectivity index (χ1n) is 5.11. The first-order chi connectivity index (χ1) is 8.65. The minimum absolute atomic E-state index is 0.255. The number of carbonyl (C=O) groups is 1. The summed E-state index contributed by atoms with van der Waals surface area (Å²) in [4.78, 5) is 18.7. The van der Waals surface area contributed by atoms with Crippen LogP contribution in [0, 0.1) is 0 Å². The molecule has 3 heterocycles. The molecule has 3 N–H and O–H groups in total. The molecule has 0 unspecified atom stereocenters. The number of amides is 1. The molecule has 0 spiro atoms. The summed E-state index contributed by atoms with van der Waals surface area (Å²) >= 11 is 11.0. The van der Waals surface area contributed by atoms with Crippen molar-refractivity contribution in [3.63, 3.8) is 0 Å². The van der Waals surface area contributed by atoms with Gasteiger partial charge in [-0.2, -0.15) is 0 Å². The van der Waals surface area contributed by atoms with E-state index in [-0.39, 0.29) is 5.91 Å². The van der Waals surface area contributed by atoms with Crippen molar-refractivity contribution >= 4 is 51.9 Å². The number of aromatic amines is 1. The maximum atomic E-state index is 11.5. The summed E-state index contributed by atoms with van der Waals surface area (Å²) < 4.78 is 0. The Balaban J connectivity index is 2.14. The third kappa shape index (κ3) is 1.75. The van der Waals surface area contributed by atoms with E-state index in [0.717, 1.165) is 10.9 Å². The first-order valence-corrected chi connectivity index (χ1v) is 5.89. The van der Waals surface area contributed by atoms with E-state index in [9.17, 15) is 4.79 Å². The van der Waals surface area contributed by atoms with Crippen LogP contribution in [0.1, 0.15) is 5.56 Å². The number of fused-ring (bicyclic) bond motifs is 1. The Bertz CT molecular complexity index is 706. The van der Waals surface area contributed by atoms with Crippen molar-refractivity contribution in [2.45, 2.75) is 0 Å². The molecule has 0 bridgehead atoms. The Kier molecular flexibility index (Phi) is 2.53. The van der Waals surface area contributed by atoms with Crippen LogP contribution in [0.4, 0.5) is 0 Å². The fraction of sp³-hybridized carbons (Fsp3) is 0. The lowest BCUT2D eigenvalue weighted by molar-refractivity contribution is -0.115. The second-order valence-corrected chi connectivity index (χ2v) is 4.54. The van der Waals surface area contributed by atoms with E-state index in [1.165, 1.54) is 0 Å². The van der Waals surface area contributed by atoms with Gasteiger partial charge in [0, 0.05) is 23.3 Å². The maximum absolute atomic E-state index is 11.5. The number of carbonyl (C=O) groups excluding carboxylic acids is 1. The van der Waals surface area contributed by atoms with Gasteiger partial charge in [-0.05, 0) is 24.4 Å². The fourth-order valence-electron chi connectivity index (χ4n) is 1.79. The monoisotopic (exact) mass is 278 g/mol. The number of pyridine rings is 1. The predicted octanol–water partition coefficient (Wildman–Crippen LogP) is 1.56. The molecule has 1 amide bonds. The van der Waals surface area contributed by atoms with Crippen molar-refractivity contribution in [1.82, 2.24) is 20.6 Å². The smallest absolute Gasteiger partial charge is 0.273 e. The van der Waals surface area contributed by atoms with Gasteiger partial charge in [0.05, 0.1) is 5.02 Å². The Hall–Kier alpha value is -1.92. The molecule has 0 radical (unpaired) electrons. The van der Waals surface area contributed by atoms with Crippen LogP contribution in [0.5, 0.6) is 0 Å². The lowest BCUT2D eigenvalue weighted by Crippen LogP contribution is -2.21. The molecule has 5 nitrogen and oxygen atoms in total. The zero-order valence-electron chi connectivity index (χ0n) is 8.95. The first kappa shape index (κ1) is 11.2. The van der Waals surface area contributed by atoms with E-state index in [2.05, 4.69) is 20.6 Å². The topological polar surface area (TPSA) is 69.8 Å². The molecular formula is C11H7ClN4OS. The number of halogens is 1. The van der Waals surface area contributed by atoms with Gasteiger partial charge in [-0.25, -0.2) is 4.98 Å². The van der Waals surface area contributed by atoms with Crippen LogP contribution < -0.4 is 10.6 Å². The van der Waals surface area contributed by atoms with Gasteiger partial charge < -0.3 is 10.3 Å². The zero-order valence-corrected chi connectivity index (χ0v) is 10.5. The summed E-state index contributed by atoms with van der Waals surface area (Å²) in [5, 5.41) is 6.93. The number of aromatic nitrogens is 2. The van der Waals surface area contributed by atoms with Crippen molar-refractivity contribution in [3.05, 3.63) is 34.7 Å². The number of nitrogens with one attached hydrogen (secondary N) is 3. The molecule has 1 saturated heterocycles. The molecule has 0 aromatic carbocycles. The lowest BCUT2D eigenvalue weighted by Gasteiger charge is -1.96. The van der Waals surface area contributed by atoms with E-state index >= 15 is 0 Å². The van der Waals surface area contributed by atoms with Gasteiger partial charge in [0.1, 0.15) is 11.3 Å². The van der Waals surface area contributed by atoms with Crippen LogP contribution in [0.15, 0.2) is 24.2 Å². The summed E-state index contributed by atoms with van der Waals surface area (Å²) in [7, 11) is 0. The molecule has 3 rings (SSSR count). The van der Waals surface area contributed by atoms with Crippen LogP contribution in [-0.2, 0) is 4.79 Å². The molecule has 1 aliphatic rings. The highest BCUT2D eigenvalue weighted by Gasteiger charge is 2.20. The van der Waals surface area contributed by atoms with Crippen molar-refractivity contribution in [3.8, 4) is 0 Å². The molecule has 2 aromatic heterocycles. The van der Waals surface area contributed by atoms with Gasteiger partial charge in [0.25, 0.3) is 5.91 Å². The zero-order chi connectivity index (χ0) is 12.7. The molecule has 0 saturated carbocycles. The molecule has 2 aromatic rings. The number of thiocarbonyl (C=S) groups is 1. The number of H-pyrrole nitrogens is 1. The van der Waals surface area contributed by atoms with Gasteiger partial charge in [-0.3, -0.25) is 10.1 Å². The van der Waals surface area contributed by atoms with Gasteiger partial charge in [0.2, 0.25) is 0 Å². The second kappa shape index (κ2) is 4.08. The minimum atomic E-state index is -0.255. The Labute approximate surface area is 112 Å². The molecule has 0 aliphatic carbocycles. The fourth-order valence-corrected chi connectivity index (χ4v) is 2.25. The van der Waals surface area contributed by atoms with E-state index in [1.54, 1.807) is 24.5 Å². The quantitative estimate of drug-likeness (QED) is 0.547. The molecular weight excluding hydrogens is 272 g/mol. The maximum Gasteiger partial charge on any atom is 0.273 e. The predicted molar refractivity (Wildman–Crippen MR) is 73.0 cm³/mol. The van der Waals surface area contributed by atoms with E-state index in [1.807, 2.05) is 0 Å². The number of rotatable bonds is 1. The average Bonchev–Trinajstić information content (AvgIpc) is 2.85. The van der Waals surface area contributed by atoms with Crippen LogP contribution >= 0.6 is 23.8 Å². The van der Waals surface area contributed by atoms with Gasteiger partial charge in [-0.15, -0.1) is 0 Å². The van der Waals surface area contributed by atoms with Crippen molar-refractivity contribution < 1.29 is 4.79 Å². The minimum Gasteiger partial charge on any atom is -0.345 e. The molecule has 1 aliphatic heterocycles. The normalized spacial score (nSPS) is 17.3. The molecule has 7 heteroatoms. The van der Waals surface area contributed by atoms with Crippen LogP contribution in [0.3, 0.4) is 0 Å². The Morgan fingerprint density at radius 1 is 1.39 bits per heavy atom. The molecule has 18 heavy (non-hydrogen) atoms. The SMILES string of the molecule is O=C1NC(=S)N/C1=C\c1c[nH]c2nccc(Cl)c12. The second-order valence-electron chi connectivity index (χ2n) is 3.73. The van der Waals surface area contributed by atoms with Crippen LogP contribution in [0.2, 0.25) is 5.02 Å². The number of nitrogens with zero attached hydrogens (tertiary/aromatic N) is 1. The summed E-state index contributed by atoms with van der Waals surface area (Å²) in [6.45, 7) is 0. The van der Waals surface area contributed by atoms with E-state index < -0.39 is 0 Å². The third-order valence-electron chi connectivity index (χ3n) is 2.57. The van der Waals surface area contributed by atoms with Crippen molar-refractivity contribution in [2.24, 2.45) is 0 Å². The van der Waals surface area contributed by atoms with Crippen molar-refractivity contribution in [1.29, 1.82) is 0 Å². The van der Waals surface area contributed by atoms with Crippen molar-refractivity contribution in [2.75, 3.05) is 0 Å². The highest BCUT2D eigenvalue weighted by atomic mass is 35.5. The highest BCUT2D eigenvalue weighted by Crippen LogP contribution is 2.26. The summed E-state index contributed by atoms with van der Waals surface area (Å²) in [6, 6.07) is 1.70. The van der Waals surface area contributed by atoms with Crippen LogP contribution in [-0.4, -0.2) is 21.0 Å². The largest absolute Gasteiger partial charge is 0.345 e. The standard InChI is InChI=1S/C11H7ClN4OS/c12-6-1-2-13-9-8(6)5(4-14-9)3-7-10(17)16-11(18)15-7/h1-4H,(H,13,14)(H2,15,16,17,18)/b7-3-. The number of hydrogen-bond acceptors (Lipinski definition) is 3. The van der Waals surface area contributed by atoms with Gasteiger partial charge in [0.15, 0.2) is 5.11 Å². The molecule has 0 atom stereocenters. The molecule has 1 fully saturated rings. The van der Waals surface area contributed by atoms with Crippen LogP contribution in [0.25, 0.3) is 17.1 Å². The summed E-state index contributed by atoms with van der Waals surface area (Å²) in [5.41, 5.74) is 1.85. The summed E-state index contributed by atoms with van der Waals surface area (Å²) in [6.07, 6.45) is 5.04. The summed E-state index contributed by atoms with van der Waals surface area (Å²) in [5.74, 6) is -0.255. The highest BCUT2D eigenvalue weighted by molar-refractivity contribution is 7.80. The Morgan fingerprint density at radius 3 is 2.94 bits per heavy atom. The van der Waals surface area contributed by atoms with Gasteiger partial charge in [-0.1, -0.05) is 11.6 Å². The van der Waals surface area contributed by atoms with Gasteiger partial charge >= 0.3 is 0 Å². The average molecular weight is 279 g/mol. The Morgan fingerprint density at radius 2 is 2.22 bits per heavy atom. The third-order valence-corrected chi connectivity index (χ3v) is 3.09. The lowest BCUT2D eigenvalue weighted by atomic mass is 10.2.